The van der Waals surface area contributed by atoms with E-state index in [1.165, 1.54) is 11.6 Å². The topological polar surface area (TPSA) is 76.5 Å². The molecule has 34 heavy (non-hydrogen) atoms. The Morgan fingerprint density at radius 3 is 2.21 bits per heavy atom. The van der Waals surface area contributed by atoms with E-state index in [1.807, 2.05) is 81.2 Å². The predicted molar refractivity (Wildman–Crippen MR) is 135 cm³/mol. The SMILES string of the molecule is CNCc1ccccc1.Cc1c(C=O)nc(N(C)/C=C\C(=C/C=O)OCc2ccccc2)n1C. The largest absolute Gasteiger partial charge is 0.489 e. The van der Waals surface area contributed by atoms with Crippen LogP contribution in [0, 0.1) is 6.92 Å². The number of nitrogens with zero attached hydrogens (tertiary/aromatic N) is 3. The van der Waals surface area contributed by atoms with Crippen molar-refractivity contribution in [3.8, 4) is 0 Å². The standard InChI is InChI=1S/C19H21N3O3.C8H11N/c1-15-18(13-24)20-19(22(15)3)21(2)11-9-17(10-12-23)25-14-16-7-5-4-6-8-16;1-9-7-8-5-3-2-4-6-8/h4-13H,14H2,1-3H3;2-6,9H,7H2,1H3/b11-9-,17-10+;. The van der Waals surface area contributed by atoms with E-state index in [4.69, 9.17) is 4.74 Å². The molecule has 0 bridgehead atoms. The van der Waals surface area contributed by atoms with Gasteiger partial charge in [-0.05, 0) is 31.2 Å². The van der Waals surface area contributed by atoms with Gasteiger partial charge in [0, 0.05) is 38.6 Å². The van der Waals surface area contributed by atoms with Crippen LogP contribution >= 0.6 is 0 Å². The molecule has 7 heteroatoms. The molecule has 1 heterocycles. The molecule has 0 saturated carbocycles. The van der Waals surface area contributed by atoms with Crippen molar-refractivity contribution >= 4 is 18.5 Å². The van der Waals surface area contributed by atoms with Gasteiger partial charge in [-0.3, -0.25) is 9.59 Å². The summed E-state index contributed by atoms with van der Waals surface area (Å²) in [5.74, 6) is 1.05. The Labute approximate surface area is 201 Å². The average molecular weight is 461 g/mol. The van der Waals surface area contributed by atoms with E-state index < -0.39 is 0 Å². The molecule has 3 aromatic rings. The number of carbonyl (C=O) groups is 2. The first-order valence-electron chi connectivity index (χ1n) is 10.9. The normalized spacial score (nSPS) is 11.0. The fourth-order valence-corrected chi connectivity index (χ4v) is 3.02. The highest BCUT2D eigenvalue weighted by atomic mass is 16.5. The maximum atomic E-state index is 11.0. The Bertz CT molecular complexity index is 1090. The minimum Gasteiger partial charge on any atom is -0.489 e. The lowest BCUT2D eigenvalue weighted by atomic mass is 10.2. The molecule has 7 nitrogen and oxygen atoms in total. The van der Waals surface area contributed by atoms with Gasteiger partial charge in [-0.1, -0.05) is 60.7 Å². The van der Waals surface area contributed by atoms with Crippen molar-refractivity contribution in [2.75, 3.05) is 19.0 Å². The molecular weight excluding hydrogens is 428 g/mol. The zero-order valence-corrected chi connectivity index (χ0v) is 20.1. The van der Waals surface area contributed by atoms with Crippen molar-refractivity contribution < 1.29 is 14.3 Å². The molecule has 0 aliphatic heterocycles. The zero-order valence-electron chi connectivity index (χ0n) is 20.1. The van der Waals surface area contributed by atoms with Gasteiger partial charge < -0.3 is 19.5 Å². The predicted octanol–water partition coefficient (Wildman–Crippen LogP) is 4.20. The third-order valence-corrected chi connectivity index (χ3v) is 4.99. The van der Waals surface area contributed by atoms with Crippen LogP contribution in [-0.2, 0) is 29.7 Å². The summed E-state index contributed by atoms with van der Waals surface area (Å²) in [7, 11) is 5.60. The maximum Gasteiger partial charge on any atom is 0.209 e. The second kappa shape index (κ2) is 14.2. The number of hydrogen-bond acceptors (Lipinski definition) is 6. The fourth-order valence-electron chi connectivity index (χ4n) is 3.02. The summed E-state index contributed by atoms with van der Waals surface area (Å²) >= 11 is 0. The van der Waals surface area contributed by atoms with E-state index in [2.05, 4.69) is 22.4 Å². The lowest BCUT2D eigenvalue weighted by molar-refractivity contribution is -0.104. The molecule has 0 radical (unpaired) electrons. The van der Waals surface area contributed by atoms with Gasteiger partial charge >= 0.3 is 0 Å². The summed E-state index contributed by atoms with van der Waals surface area (Å²) in [5, 5.41) is 3.08. The number of anilines is 1. The average Bonchev–Trinajstić information content (AvgIpc) is 3.16. The monoisotopic (exact) mass is 460 g/mol. The van der Waals surface area contributed by atoms with Gasteiger partial charge in [-0.2, -0.15) is 0 Å². The number of ether oxygens (including phenoxy) is 1. The van der Waals surface area contributed by atoms with Crippen molar-refractivity contribution in [2.24, 2.45) is 7.05 Å². The van der Waals surface area contributed by atoms with Crippen LogP contribution < -0.4 is 10.2 Å². The number of rotatable bonds is 10. The number of nitrogens with one attached hydrogen (secondary N) is 1. The van der Waals surface area contributed by atoms with Gasteiger partial charge in [0.05, 0.1) is 0 Å². The summed E-state index contributed by atoms with van der Waals surface area (Å²) in [6.45, 7) is 3.16. The lowest BCUT2D eigenvalue weighted by Gasteiger charge is -2.14. The number of allylic oxidation sites excluding steroid dienone is 2. The first-order valence-corrected chi connectivity index (χ1v) is 10.9. The number of carbonyl (C=O) groups excluding carboxylic acids is 2. The number of aldehydes is 2. The van der Waals surface area contributed by atoms with Gasteiger partial charge in [-0.15, -0.1) is 0 Å². The quantitative estimate of drug-likeness (QED) is 0.212. The van der Waals surface area contributed by atoms with Crippen molar-refractivity contribution in [1.29, 1.82) is 0 Å². The number of aromatic nitrogens is 2. The third-order valence-electron chi connectivity index (χ3n) is 4.99. The molecule has 3 rings (SSSR count). The summed E-state index contributed by atoms with van der Waals surface area (Å²) < 4.78 is 7.49. The fraction of sp³-hybridized carbons (Fsp3) is 0.222. The van der Waals surface area contributed by atoms with Crippen LogP contribution in [0.25, 0.3) is 0 Å². The van der Waals surface area contributed by atoms with Crippen molar-refractivity contribution in [1.82, 2.24) is 14.9 Å². The Kier molecular flexibility index (Phi) is 11.0. The van der Waals surface area contributed by atoms with Gasteiger partial charge in [0.1, 0.15) is 24.3 Å². The van der Waals surface area contributed by atoms with Gasteiger partial charge in [0.2, 0.25) is 5.95 Å². The van der Waals surface area contributed by atoms with Crippen molar-refractivity contribution in [2.45, 2.75) is 20.1 Å². The number of imidazole rings is 1. The Morgan fingerprint density at radius 2 is 1.68 bits per heavy atom. The molecule has 0 atom stereocenters. The minimum atomic E-state index is 0.366. The highest BCUT2D eigenvalue weighted by Gasteiger charge is 2.12. The van der Waals surface area contributed by atoms with E-state index in [0.29, 0.717) is 30.3 Å². The van der Waals surface area contributed by atoms with Gasteiger partial charge in [-0.25, -0.2) is 4.98 Å². The smallest absolute Gasteiger partial charge is 0.209 e. The molecule has 0 amide bonds. The van der Waals surface area contributed by atoms with Crippen LogP contribution in [0.3, 0.4) is 0 Å². The molecule has 0 spiro atoms. The molecule has 1 N–H and O–H groups in total. The summed E-state index contributed by atoms with van der Waals surface area (Å²) in [6, 6.07) is 20.0. The molecule has 0 aliphatic carbocycles. The van der Waals surface area contributed by atoms with Gasteiger partial charge in [0.15, 0.2) is 6.29 Å². The van der Waals surface area contributed by atoms with Crippen LogP contribution in [0.2, 0.25) is 0 Å². The van der Waals surface area contributed by atoms with Crippen LogP contribution in [-0.4, -0.2) is 36.2 Å². The van der Waals surface area contributed by atoms with E-state index in [9.17, 15) is 9.59 Å². The molecule has 2 aromatic carbocycles. The van der Waals surface area contributed by atoms with E-state index in [-0.39, 0.29) is 0 Å². The number of benzene rings is 2. The summed E-state index contributed by atoms with van der Waals surface area (Å²) in [4.78, 5) is 27.9. The zero-order chi connectivity index (χ0) is 24.8. The Hall–Kier alpha value is -3.97. The first-order chi connectivity index (χ1) is 16.5. The second-order valence-electron chi connectivity index (χ2n) is 7.48. The van der Waals surface area contributed by atoms with Crippen molar-refractivity contribution in [3.05, 3.63) is 107 Å². The maximum absolute atomic E-state index is 11.0. The van der Waals surface area contributed by atoms with Gasteiger partial charge in [0.25, 0.3) is 0 Å². The molecular formula is C27H32N4O3. The van der Waals surface area contributed by atoms with E-state index in [1.54, 1.807) is 17.2 Å². The van der Waals surface area contributed by atoms with E-state index >= 15 is 0 Å². The molecule has 178 valence electrons. The second-order valence-corrected chi connectivity index (χ2v) is 7.48. The van der Waals surface area contributed by atoms with Crippen LogP contribution in [0.1, 0.15) is 27.3 Å². The third kappa shape index (κ3) is 8.18. The number of hydrogen-bond donors (Lipinski definition) is 1. The van der Waals surface area contributed by atoms with Crippen LogP contribution in [0.4, 0.5) is 5.95 Å². The van der Waals surface area contributed by atoms with E-state index in [0.717, 1.165) is 24.1 Å². The van der Waals surface area contributed by atoms with Crippen LogP contribution in [0.15, 0.2) is 84.8 Å². The Morgan fingerprint density at radius 1 is 1.06 bits per heavy atom. The molecule has 0 saturated heterocycles. The Balaban J connectivity index is 0.000000379. The molecule has 0 fully saturated rings. The molecule has 0 aliphatic rings. The molecule has 0 unspecified atom stereocenters. The first kappa shape index (κ1) is 26.3. The highest BCUT2D eigenvalue weighted by molar-refractivity contribution is 5.75. The lowest BCUT2D eigenvalue weighted by Crippen LogP contribution is -2.13. The highest BCUT2D eigenvalue weighted by Crippen LogP contribution is 2.16. The van der Waals surface area contributed by atoms with Crippen LogP contribution in [0.5, 0.6) is 0 Å². The van der Waals surface area contributed by atoms with Crippen molar-refractivity contribution in [3.63, 3.8) is 0 Å². The summed E-state index contributed by atoms with van der Waals surface area (Å²) in [6.07, 6.45) is 6.18. The minimum absolute atomic E-state index is 0.366. The molecule has 1 aromatic heterocycles. The summed E-state index contributed by atoms with van der Waals surface area (Å²) in [5.41, 5.74) is 3.53.